The molecule has 1 aliphatic rings. The number of Topliss-reactive ketones (excluding diaryl/α,β-unsaturated/α-hetero) is 1. The average molecular weight is 374 g/mol. The molecule has 0 amide bonds. The monoisotopic (exact) mass is 374 g/mol. The Hall–Kier alpha value is -1.02. The zero-order chi connectivity index (χ0) is 18.6. The van der Waals surface area contributed by atoms with Gasteiger partial charge < -0.3 is 14.0 Å². The van der Waals surface area contributed by atoms with Crippen molar-refractivity contribution in [3.05, 3.63) is 35.4 Å². The Morgan fingerprint density at radius 1 is 1.44 bits per heavy atom. The molecule has 3 atom stereocenters. The molecule has 0 saturated carbocycles. The third kappa shape index (κ3) is 5.23. The minimum atomic E-state index is -1.32. The van der Waals surface area contributed by atoms with Crippen LogP contribution in [0.3, 0.4) is 0 Å². The van der Waals surface area contributed by atoms with Gasteiger partial charge in [0.15, 0.2) is 17.8 Å². The molecule has 1 heterocycles. The fraction of sp³-hybridized carbons (Fsp3) is 0.611. The molecule has 7 heteroatoms. The molecule has 1 saturated heterocycles. The Balaban J connectivity index is 2.34. The third-order valence-electron chi connectivity index (χ3n) is 4.38. The number of rotatable bonds is 7. The third-order valence-corrected chi connectivity index (χ3v) is 5.05. The number of carbonyl (C=O) groups excluding carboxylic acids is 1. The molecule has 0 radical (unpaired) electrons. The summed E-state index contributed by atoms with van der Waals surface area (Å²) in [6.45, 7) is 3.79. The second-order valence-electron chi connectivity index (χ2n) is 6.84. The minimum Gasteiger partial charge on any atom is -0.616 e. The highest BCUT2D eigenvalue weighted by molar-refractivity contribution is 7.91. The lowest BCUT2D eigenvalue weighted by Crippen LogP contribution is -2.40. The van der Waals surface area contributed by atoms with E-state index in [9.17, 15) is 18.1 Å². The first-order valence-corrected chi connectivity index (χ1v) is 10.00. The van der Waals surface area contributed by atoms with Crippen LogP contribution in [0.25, 0.3) is 0 Å². The van der Waals surface area contributed by atoms with E-state index in [2.05, 4.69) is 0 Å². The highest BCUT2D eigenvalue weighted by Gasteiger charge is 2.42. The van der Waals surface area contributed by atoms with Gasteiger partial charge in [0.25, 0.3) is 0 Å². The van der Waals surface area contributed by atoms with Crippen molar-refractivity contribution >= 4 is 17.0 Å². The number of hydrogen-bond acceptors (Lipinski definition) is 4. The number of ketones is 1. The van der Waals surface area contributed by atoms with Crippen molar-refractivity contribution in [1.29, 1.82) is 0 Å². The van der Waals surface area contributed by atoms with Crippen molar-refractivity contribution in [2.45, 2.75) is 45.5 Å². The maximum Gasteiger partial charge on any atom is 0.190 e. The van der Waals surface area contributed by atoms with Gasteiger partial charge in [0, 0.05) is 18.2 Å². The maximum absolute atomic E-state index is 14.4. The number of benzene rings is 1. The predicted octanol–water partition coefficient (Wildman–Crippen LogP) is 3.52. The predicted molar refractivity (Wildman–Crippen MR) is 91.5 cm³/mol. The molecule has 1 aliphatic heterocycles. The molecule has 0 N–H and O–H groups in total. The Labute approximate surface area is 150 Å². The molecule has 4 nitrogen and oxygen atoms in total. The van der Waals surface area contributed by atoms with Gasteiger partial charge in [0.1, 0.15) is 17.7 Å². The van der Waals surface area contributed by atoms with Gasteiger partial charge in [-0.25, -0.2) is 8.78 Å². The van der Waals surface area contributed by atoms with Crippen LogP contribution in [0, 0.1) is 17.0 Å². The number of halogens is 2. The van der Waals surface area contributed by atoms with Crippen LogP contribution in [0.1, 0.15) is 44.8 Å². The summed E-state index contributed by atoms with van der Waals surface area (Å²) in [5.74, 6) is -1.94. The van der Waals surface area contributed by atoms with Crippen molar-refractivity contribution in [2.75, 3.05) is 18.6 Å². The lowest BCUT2D eigenvalue weighted by Gasteiger charge is -2.36. The van der Waals surface area contributed by atoms with Crippen LogP contribution in [0.5, 0.6) is 0 Å². The molecule has 0 aliphatic carbocycles. The van der Waals surface area contributed by atoms with Gasteiger partial charge in [-0.05, 0) is 50.4 Å². The van der Waals surface area contributed by atoms with Crippen molar-refractivity contribution in [3.63, 3.8) is 0 Å². The fourth-order valence-electron chi connectivity index (χ4n) is 2.83. The van der Waals surface area contributed by atoms with Gasteiger partial charge in [-0.3, -0.25) is 4.79 Å². The maximum atomic E-state index is 14.4. The molecule has 0 bridgehead atoms. The SMILES string of the molecule is C[S+]([O-])CC(=O)C(C)(C)C(OC1CCCCO1)c1ccc(F)cc1F. The Bertz CT molecular complexity index is 601. The number of hydrogen-bond donors (Lipinski definition) is 0. The number of carbonyl (C=O) groups is 1. The smallest absolute Gasteiger partial charge is 0.190 e. The van der Waals surface area contributed by atoms with Crippen LogP contribution in [-0.4, -0.2) is 35.2 Å². The number of ether oxygens (including phenoxy) is 2. The molecule has 1 fully saturated rings. The second kappa shape index (κ2) is 8.58. The van der Waals surface area contributed by atoms with Crippen LogP contribution < -0.4 is 0 Å². The highest BCUT2D eigenvalue weighted by Crippen LogP contribution is 2.41. The molecule has 140 valence electrons. The first kappa shape index (κ1) is 20.3. The Morgan fingerprint density at radius 2 is 2.16 bits per heavy atom. The Kier molecular flexibility index (Phi) is 6.96. The van der Waals surface area contributed by atoms with E-state index in [0.717, 1.165) is 25.0 Å². The highest BCUT2D eigenvalue weighted by atomic mass is 32.2. The summed E-state index contributed by atoms with van der Waals surface area (Å²) in [5, 5.41) is 0. The molecule has 1 aromatic carbocycles. The Morgan fingerprint density at radius 3 is 2.72 bits per heavy atom. The van der Waals surface area contributed by atoms with Gasteiger partial charge in [-0.15, -0.1) is 0 Å². The van der Waals surface area contributed by atoms with E-state index in [1.54, 1.807) is 13.8 Å². The largest absolute Gasteiger partial charge is 0.616 e. The molecular weight excluding hydrogens is 350 g/mol. The molecule has 0 spiro atoms. The summed E-state index contributed by atoms with van der Waals surface area (Å²) in [4.78, 5) is 12.6. The van der Waals surface area contributed by atoms with Crippen LogP contribution in [-0.2, 0) is 25.4 Å². The van der Waals surface area contributed by atoms with Crippen molar-refractivity contribution in [3.8, 4) is 0 Å². The van der Waals surface area contributed by atoms with E-state index in [-0.39, 0.29) is 17.1 Å². The van der Waals surface area contributed by atoms with Crippen LogP contribution in [0.15, 0.2) is 18.2 Å². The van der Waals surface area contributed by atoms with Crippen molar-refractivity contribution in [2.24, 2.45) is 5.41 Å². The van der Waals surface area contributed by atoms with Gasteiger partial charge in [0.2, 0.25) is 0 Å². The van der Waals surface area contributed by atoms with E-state index in [1.807, 2.05) is 0 Å². The van der Waals surface area contributed by atoms with Crippen LogP contribution in [0.4, 0.5) is 8.78 Å². The average Bonchev–Trinajstić information content (AvgIpc) is 2.53. The standard InChI is InChI=1S/C18H24F2O4S/c1-18(2,15(21)11-25(3)22)17(24-16-6-4-5-9-23-16)13-8-7-12(19)10-14(13)20/h7-8,10,16-17H,4-6,9,11H2,1-3H3. The van der Waals surface area contributed by atoms with E-state index in [0.29, 0.717) is 13.0 Å². The second-order valence-corrected chi connectivity index (χ2v) is 8.28. The summed E-state index contributed by atoms with van der Waals surface area (Å²) < 4.78 is 50.6. The quantitative estimate of drug-likeness (QED) is 0.685. The molecular formula is C18H24F2O4S. The van der Waals surface area contributed by atoms with Crippen molar-refractivity contribution in [1.82, 2.24) is 0 Å². The molecule has 1 aromatic rings. The first-order chi connectivity index (χ1) is 11.7. The summed E-state index contributed by atoms with van der Waals surface area (Å²) in [6.07, 6.45) is 2.40. The summed E-state index contributed by atoms with van der Waals surface area (Å²) >= 11 is -1.32. The summed E-state index contributed by atoms with van der Waals surface area (Å²) in [7, 11) is 0. The molecule has 3 unspecified atom stereocenters. The van der Waals surface area contributed by atoms with E-state index < -0.39 is 40.6 Å². The van der Waals surface area contributed by atoms with Gasteiger partial charge in [-0.1, -0.05) is 6.07 Å². The first-order valence-electron chi connectivity index (χ1n) is 8.27. The van der Waals surface area contributed by atoms with E-state index >= 15 is 0 Å². The van der Waals surface area contributed by atoms with E-state index in [1.165, 1.54) is 12.3 Å². The minimum absolute atomic E-state index is 0.0933. The van der Waals surface area contributed by atoms with Gasteiger partial charge in [-0.2, -0.15) is 0 Å². The van der Waals surface area contributed by atoms with Gasteiger partial charge in [0.05, 0.1) is 11.7 Å². The van der Waals surface area contributed by atoms with Gasteiger partial charge >= 0.3 is 0 Å². The van der Waals surface area contributed by atoms with Crippen LogP contribution in [0.2, 0.25) is 0 Å². The topological polar surface area (TPSA) is 58.6 Å². The lowest BCUT2D eigenvalue weighted by molar-refractivity contribution is -0.211. The summed E-state index contributed by atoms with van der Waals surface area (Å²) in [5.41, 5.74) is -1.05. The molecule has 2 rings (SSSR count). The summed E-state index contributed by atoms with van der Waals surface area (Å²) in [6, 6.07) is 3.19. The van der Waals surface area contributed by atoms with E-state index in [4.69, 9.17) is 9.47 Å². The van der Waals surface area contributed by atoms with Crippen molar-refractivity contribution < 1.29 is 27.6 Å². The van der Waals surface area contributed by atoms with Crippen LogP contribution >= 0.6 is 0 Å². The molecule has 25 heavy (non-hydrogen) atoms. The fourth-order valence-corrected chi connectivity index (χ4v) is 3.57. The normalized spacial score (nSPS) is 21.0. The molecule has 0 aromatic heterocycles. The lowest BCUT2D eigenvalue weighted by atomic mass is 9.79. The zero-order valence-corrected chi connectivity index (χ0v) is 15.5. The zero-order valence-electron chi connectivity index (χ0n) is 14.7.